The van der Waals surface area contributed by atoms with E-state index in [1.54, 1.807) is 4.68 Å². The summed E-state index contributed by atoms with van der Waals surface area (Å²) < 4.78 is 7.59. The summed E-state index contributed by atoms with van der Waals surface area (Å²) in [7, 11) is 1.89. The zero-order valence-electron chi connectivity index (χ0n) is 11.7. The first-order valence-corrected chi connectivity index (χ1v) is 6.43. The molecule has 2 aromatic rings. The molecule has 19 heavy (non-hydrogen) atoms. The maximum atomic E-state index is 5.79. The van der Waals surface area contributed by atoms with Crippen molar-refractivity contribution in [3.8, 4) is 5.75 Å². The fourth-order valence-electron chi connectivity index (χ4n) is 1.84. The van der Waals surface area contributed by atoms with Crippen LogP contribution in [0.3, 0.4) is 0 Å². The van der Waals surface area contributed by atoms with Crippen LogP contribution in [0.4, 0.5) is 0 Å². The van der Waals surface area contributed by atoms with Gasteiger partial charge in [0.1, 0.15) is 12.4 Å². The number of nitrogens with one attached hydrogen (secondary N) is 1. The van der Waals surface area contributed by atoms with E-state index in [1.165, 1.54) is 11.1 Å². The molecule has 5 heteroatoms. The maximum absolute atomic E-state index is 5.79. The number of rotatable bonds is 6. The standard InChI is InChI=1S/C14H20N4O/c1-11-5-4-6-14(12(11)2)19-8-7-18-10-13(9-15-3)16-17-18/h4-6,10,15H,7-9H2,1-3H3. The molecule has 0 spiro atoms. The first-order chi connectivity index (χ1) is 9.20. The van der Waals surface area contributed by atoms with E-state index in [0.717, 1.165) is 18.0 Å². The monoisotopic (exact) mass is 260 g/mol. The molecule has 0 aliphatic rings. The van der Waals surface area contributed by atoms with Crippen LogP contribution in [-0.4, -0.2) is 28.6 Å². The van der Waals surface area contributed by atoms with Crippen molar-refractivity contribution in [2.45, 2.75) is 26.9 Å². The molecule has 0 atom stereocenters. The van der Waals surface area contributed by atoms with Crippen LogP contribution in [0.1, 0.15) is 16.8 Å². The Bertz CT molecular complexity index is 536. The second-order valence-electron chi connectivity index (χ2n) is 4.55. The largest absolute Gasteiger partial charge is 0.491 e. The highest BCUT2D eigenvalue weighted by Crippen LogP contribution is 2.20. The number of benzene rings is 1. The summed E-state index contributed by atoms with van der Waals surface area (Å²) in [6.07, 6.45) is 1.93. The molecule has 0 fully saturated rings. The molecule has 1 aromatic heterocycles. The van der Waals surface area contributed by atoms with Crippen molar-refractivity contribution in [3.63, 3.8) is 0 Å². The number of hydrogen-bond acceptors (Lipinski definition) is 4. The minimum atomic E-state index is 0.590. The number of aryl methyl sites for hydroxylation is 1. The smallest absolute Gasteiger partial charge is 0.122 e. The zero-order chi connectivity index (χ0) is 13.7. The van der Waals surface area contributed by atoms with Crippen molar-refractivity contribution in [1.29, 1.82) is 0 Å². The van der Waals surface area contributed by atoms with Crippen molar-refractivity contribution in [2.75, 3.05) is 13.7 Å². The van der Waals surface area contributed by atoms with Gasteiger partial charge in [0.15, 0.2) is 0 Å². The maximum Gasteiger partial charge on any atom is 0.122 e. The van der Waals surface area contributed by atoms with E-state index in [1.807, 2.05) is 25.4 Å². The SMILES string of the molecule is CNCc1cn(CCOc2cccc(C)c2C)nn1. The summed E-state index contributed by atoms with van der Waals surface area (Å²) in [6.45, 7) is 6.18. The summed E-state index contributed by atoms with van der Waals surface area (Å²) in [5, 5.41) is 11.2. The Balaban J connectivity index is 1.87. The van der Waals surface area contributed by atoms with Gasteiger partial charge in [-0.15, -0.1) is 5.10 Å². The summed E-state index contributed by atoms with van der Waals surface area (Å²) in [5.74, 6) is 0.940. The van der Waals surface area contributed by atoms with Gasteiger partial charge in [-0.3, -0.25) is 0 Å². The number of aromatic nitrogens is 3. The topological polar surface area (TPSA) is 52.0 Å². The molecular weight excluding hydrogens is 240 g/mol. The fraction of sp³-hybridized carbons (Fsp3) is 0.429. The molecule has 0 amide bonds. The van der Waals surface area contributed by atoms with E-state index < -0.39 is 0 Å². The fourth-order valence-corrected chi connectivity index (χ4v) is 1.84. The van der Waals surface area contributed by atoms with E-state index in [2.05, 4.69) is 35.5 Å². The van der Waals surface area contributed by atoms with E-state index in [4.69, 9.17) is 4.74 Å². The molecule has 5 nitrogen and oxygen atoms in total. The summed E-state index contributed by atoms with van der Waals surface area (Å²) in [4.78, 5) is 0. The minimum absolute atomic E-state index is 0.590. The van der Waals surface area contributed by atoms with Gasteiger partial charge in [-0.1, -0.05) is 17.3 Å². The van der Waals surface area contributed by atoms with Crippen LogP contribution in [0.2, 0.25) is 0 Å². The van der Waals surface area contributed by atoms with Gasteiger partial charge in [0.2, 0.25) is 0 Å². The quantitative estimate of drug-likeness (QED) is 0.859. The second kappa shape index (κ2) is 6.33. The van der Waals surface area contributed by atoms with Gasteiger partial charge >= 0.3 is 0 Å². The Hall–Kier alpha value is -1.88. The van der Waals surface area contributed by atoms with Crippen molar-refractivity contribution < 1.29 is 4.74 Å². The Kier molecular flexibility index (Phi) is 4.52. The lowest BCUT2D eigenvalue weighted by molar-refractivity contribution is 0.288. The van der Waals surface area contributed by atoms with Crippen molar-refractivity contribution in [2.24, 2.45) is 0 Å². The first-order valence-electron chi connectivity index (χ1n) is 6.43. The molecule has 2 rings (SSSR count). The Morgan fingerprint density at radius 3 is 2.95 bits per heavy atom. The first kappa shape index (κ1) is 13.5. The normalized spacial score (nSPS) is 10.7. The molecule has 1 aromatic carbocycles. The third kappa shape index (κ3) is 3.54. The van der Waals surface area contributed by atoms with Gasteiger partial charge in [0, 0.05) is 12.7 Å². The third-order valence-corrected chi connectivity index (χ3v) is 3.08. The van der Waals surface area contributed by atoms with E-state index in [-0.39, 0.29) is 0 Å². The number of hydrogen-bond donors (Lipinski definition) is 1. The molecule has 0 unspecified atom stereocenters. The highest BCUT2D eigenvalue weighted by atomic mass is 16.5. The van der Waals surface area contributed by atoms with Crippen LogP contribution < -0.4 is 10.1 Å². The summed E-state index contributed by atoms with van der Waals surface area (Å²) in [6, 6.07) is 6.10. The summed E-state index contributed by atoms with van der Waals surface area (Å²) >= 11 is 0. The van der Waals surface area contributed by atoms with Gasteiger partial charge in [0.05, 0.1) is 12.2 Å². The molecule has 102 valence electrons. The molecule has 0 saturated heterocycles. The van der Waals surface area contributed by atoms with E-state index >= 15 is 0 Å². The Morgan fingerprint density at radius 1 is 1.32 bits per heavy atom. The van der Waals surface area contributed by atoms with Crippen LogP contribution in [0.5, 0.6) is 5.75 Å². The predicted octanol–water partition coefficient (Wildman–Crippen LogP) is 1.69. The van der Waals surface area contributed by atoms with Crippen LogP contribution in [0.15, 0.2) is 24.4 Å². The average Bonchev–Trinajstić information content (AvgIpc) is 2.83. The van der Waals surface area contributed by atoms with Gasteiger partial charge in [0.25, 0.3) is 0 Å². The molecule has 0 aliphatic carbocycles. The zero-order valence-corrected chi connectivity index (χ0v) is 11.7. The Morgan fingerprint density at radius 2 is 2.16 bits per heavy atom. The van der Waals surface area contributed by atoms with Gasteiger partial charge in [-0.25, -0.2) is 4.68 Å². The van der Waals surface area contributed by atoms with Crippen molar-refractivity contribution in [3.05, 3.63) is 41.2 Å². The average molecular weight is 260 g/mol. The van der Waals surface area contributed by atoms with Crippen LogP contribution in [0.25, 0.3) is 0 Å². The predicted molar refractivity (Wildman–Crippen MR) is 74.2 cm³/mol. The number of nitrogens with zero attached hydrogens (tertiary/aromatic N) is 3. The molecular formula is C14H20N4O. The highest BCUT2D eigenvalue weighted by molar-refractivity contribution is 5.38. The molecule has 0 saturated carbocycles. The molecule has 1 N–H and O–H groups in total. The van der Waals surface area contributed by atoms with Gasteiger partial charge in [-0.2, -0.15) is 0 Å². The molecule has 0 bridgehead atoms. The van der Waals surface area contributed by atoms with Crippen LogP contribution in [-0.2, 0) is 13.1 Å². The van der Waals surface area contributed by atoms with Gasteiger partial charge in [-0.05, 0) is 38.1 Å². The van der Waals surface area contributed by atoms with Crippen LogP contribution in [0, 0.1) is 13.8 Å². The molecule has 1 heterocycles. The van der Waals surface area contributed by atoms with E-state index in [9.17, 15) is 0 Å². The molecule has 0 radical (unpaired) electrons. The third-order valence-electron chi connectivity index (χ3n) is 3.08. The lowest BCUT2D eigenvalue weighted by atomic mass is 10.1. The lowest BCUT2D eigenvalue weighted by Crippen LogP contribution is -2.09. The van der Waals surface area contributed by atoms with E-state index in [0.29, 0.717) is 13.2 Å². The Labute approximate surface area is 113 Å². The second-order valence-corrected chi connectivity index (χ2v) is 4.55. The molecule has 0 aliphatic heterocycles. The van der Waals surface area contributed by atoms with Crippen molar-refractivity contribution in [1.82, 2.24) is 20.3 Å². The highest BCUT2D eigenvalue weighted by Gasteiger charge is 2.03. The van der Waals surface area contributed by atoms with Crippen molar-refractivity contribution >= 4 is 0 Å². The van der Waals surface area contributed by atoms with Gasteiger partial charge < -0.3 is 10.1 Å². The lowest BCUT2D eigenvalue weighted by Gasteiger charge is -2.10. The van der Waals surface area contributed by atoms with Crippen LogP contribution >= 0.6 is 0 Å². The summed E-state index contributed by atoms with van der Waals surface area (Å²) in [5.41, 5.74) is 3.38. The minimum Gasteiger partial charge on any atom is -0.491 e. The number of ether oxygens (including phenoxy) is 1.